The first-order valence-corrected chi connectivity index (χ1v) is 9.50. The summed E-state index contributed by atoms with van der Waals surface area (Å²) in [6.07, 6.45) is 1.88. The number of dihydropyridines is 1. The quantitative estimate of drug-likeness (QED) is 0.802. The van der Waals surface area contributed by atoms with Crippen LogP contribution in [0.5, 0.6) is 0 Å². The molecular weight excluding hydrogens is 374 g/mol. The fraction of sp³-hybridized carbons (Fsp3) is 0.217. The molecule has 2 aromatic rings. The number of allylic oxidation sites excluding steroid dienone is 3. The number of hydrogen-bond donors (Lipinski definition) is 2. The molecule has 0 bridgehead atoms. The van der Waals surface area contributed by atoms with Crippen molar-refractivity contribution in [3.8, 4) is 0 Å². The van der Waals surface area contributed by atoms with Gasteiger partial charge in [0.15, 0.2) is 5.78 Å². The largest absolute Gasteiger partial charge is 0.362 e. The van der Waals surface area contributed by atoms with E-state index < -0.39 is 23.5 Å². The smallest absolute Gasteiger partial charge is 0.254 e. The second-order valence-corrected chi connectivity index (χ2v) is 7.28. The molecule has 2 aliphatic rings. The molecule has 148 valence electrons. The van der Waals surface area contributed by atoms with E-state index in [9.17, 15) is 18.4 Å². The lowest BCUT2D eigenvalue weighted by atomic mass is 9.75. The number of rotatable bonds is 3. The summed E-state index contributed by atoms with van der Waals surface area (Å²) in [5.74, 6) is -1.90. The molecule has 29 heavy (non-hydrogen) atoms. The van der Waals surface area contributed by atoms with Crippen LogP contribution in [-0.4, -0.2) is 11.7 Å². The highest BCUT2D eigenvalue weighted by Crippen LogP contribution is 2.42. The number of hydrogen-bond acceptors (Lipinski definition) is 3. The molecule has 0 radical (unpaired) electrons. The highest BCUT2D eigenvalue weighted by atomic mass is 19.1. The third-order valence-electron chi connectivity index (χ3n) is 5.31. The van der Waals surface area contributed by atoms with Gasteiger partial charge >= 0.3 is 0 Å². The van der Waals surface area contributed by atoms with Crippen molar-refractivity contribution in [2.45, 2.75) is 32.1 Å². The summed E-state index contributed by atoms with van der Waals surface area (Å²) in [6.45, 7) is 1.78. The number of Topliss-reactive ketones (excluding diaryl/α,β-unsaturated/α-hetero) is 1. The molecule has 0 aromatic heterocycles. The number of benzene rings is 2. The van der Waals surface area contributed by atoms with E-state index in [0.29, 0.717) is 34.5 Å². The van der Waals surface area contributed by atoms with Gasteiger partial charge in [-0.1, -0.05) is 18.2 Å². The molecule has 1 unspecified atom stereocenters. The summed E-state index contributed by atoms with van der Waals surface area (Å²) in [5, 5.41) is 5.94. The van der Waals surface area contributed by atoms with Crippen LogP contribution in [0.1, 0.15) is 37.7 Å². The van der Waals surface area contributed by atoms with Crippen molar-refractivity contribution in [2.24, 2.45) is 0 Å². The number of ketones is 1. The van der Waals surface area contributed by atoms with Crippen molar-refractivity contribution < 1.29 is 18.4 Å². The highest BCUT2D eigenvalue weighted by Gasteiger charge is 2.38. The molecule has 1 atom stereocenters. The van der Waals surface area contributed by atoms with E-state index >= 15 is 0 Å². The van der Waals surface area contributed by atoms with Crippen LogP contribution < -0.4 is 10.6 Å². The Morgan fingerprint density at radius 1 is 1.07 bits per heavy atom. The lowest BCUT2D eigenvalue weighted by Crippen LogP contribution is -2.35. The van der Waals surface area contributed by atoms with Crippen molar-refractivity contribution in [3.63, 3.8) is 0 Å². The molecule has 0 spiro atoms. The van der Waals surface area contributed by atoms with Crippen LogP contribution in [0.3, 0.4) is 0 Å². The van der Waals surface area contributed by atoms with E-state index in [-0.39, 0.29) is 5.78 Å². The van der Waals surface area contributed by atoms with E-state index in [1.165, 1.54) is 30.3 Å². The molecule has 1 heterocycles. The van der Waals surface area contributed by atoms with Gasteiger partial charge in [-0.05, 0) is 55.7 Å². The van der Waals surface area contributed by atoms with Gasteiger partial charge < -0.3 is 10.6 Å². The van der Waals surface area contributed by atoms with Crippen LogP contribution in [0.15, 0.2) is 71.1 Å². The second kappa shape index (κ2) is 7.62. The third-order valence-corrected chi connectivity index (χ3v) is 5.31. The lowest BCUT2D eigenvalue weighted by Gasteiger charge is -2.34. The van der Waals surface area contributed by atoms with Gasteiger partial charge in [-0.3, -0.25) is 9.59 Å². The molecule has 0 fully saturated rings. The second-order valence-electron chi connectivity index (χ2n) is 7.28. The van der Waals surface area contributed by atoms with Gasteiger partial charge in [0.1, 0.15) is 11.6 Å². The van der Waals surface area contributed by atoms with Crippen LogP contribution in [0.4, 0.5) is 14.5 Å². The third kappa shape index (κ3) is 3.70. The van der Waals surface area contributed by atoms with Crippen LogP contribution in [0.2, 0.25) is 0 Å². The zero-order valence-corrected chi connectivity index (χ0v) is 15.9. The van der Waals surface area contributed by atoms with Crippen molar-refractivity contribution in [2.75, 3.05) is 5.32 Å². The molecule has 4 rings (SSSR count). The summed E-state index contributed by atoms with van der Waals surface area (Å²) < 4.78 is 27.0. The Morgan fingerprint density at radius 3 is 2.55 bits per heavy atom. The standard InChI is InChI=1S/C23H20F2N2O2/c1-13-20(23(29)27-17-5-2-4-16(25)12-17)21(14-8-10-15(24)11-9-14)22-18(26-13)6-3-7-19(22)28/h2,4-5,8-12,21,26H,3,6-7H2,1H3,(H,27,29). The normalized spacial score (nSPS) is 19.0. The number of amides is 1. The molecule has 2 aromatic carbocycles. The Labute approximate surface area is 167 Å². The van der Waals surface area contributed by atoms with E-state index in [4.69, 9.17) is 0 Å². The number of carbonyl (C=O) groups is 2. The molecule has 2 N–H and O–H groups in total. The molecular formula is C23H20F2N2O2. The Balaban J connectivity index is 1.78. The predicted molar refractivity (Wildman–Crippen MR) is 106 cm³/mol. The van der Waals surface area contributed by atoms with E-state index in [2.05, 4.69) is 10.6 Å². The SMILES string of the molecule is CC1=C(C(=O)Nc2cccc(F)c2)C(c2ccc(F)cc2)C2=C(CCCC2=O)N1. The van der Waals surface area contributed by atoms with Crippen LogP contribution in [0, 0.1) is 11.6 Å². The topological polar surface area (TPSA) is 58.2 Å². The van der Waals surface area contributed by atoms with Gasteiger partial charge in [0.2, 0.25) is 0 Å². The van der Waals surface area contributed by atoms with Gasteiger partial charge in [-0.15, -0.1) is 0 Å². The van der Waals surface area contributed by atoms with E-state index in [0.717, 1.165) is 18.5 Å². The monoisotopic (exact) mass is 394 g/mol. The van der Waals surface area contributed by atoms with Crippen molar-refractivity contribution in [1.82, 2.24) is 5.32 Å². The van der Waals surface area contributed by atoms with Crippen LogP contribution >= 0.6 is 0 Å². The summed E-state index contributed by atoms with van der Waals surface area (Å²) >= 11 is 0. The Morgan fingerprint density at radius 2 is 1.83 bits per heavy atom. The Kier molecular flexibility index (Phi) is 5.01. The zero-order chi connectivity index (χ0) is 20.5. The van der Waals surface area contributed by atoms with Gasteiger partial charge in [0.25, 0.3) is 5.91 Å². The van der Waals surface area contributed by atoms with Crippen LogP contribution in [-0.2, 0) is 9.59 Å². The Hall–Kier alpha value is -3.28. The number of nitrogens with one attached hydrogen (secondary N) is 2. The first kappa shape index (κ1) is 19.1. The average molecular weight is 394 g/mol. The average Bonchev–Trinajstić information content (AvgIpc) is 2.67. The number of halogens is 2. The lowest BCUT2D eigenvalue weighted by molar-refractivity contribution is -0.116. The minimum atomic E-state index is -0.604. The number of carbonyl (C=O) groups excluding carboxylic acids is 2. The first-order valence-electron chi connectivity index (χ1n) is 9.50. The Bertz CT molecular complexity index is 1050. The minimum absolute atomic E-state index is 0.0170. The fourth-order valence-corrected chi connectivity index (χ4v) is 4.04. The molecule has 4 nitrogen and oxygen atoms in total. The van der Waals surface area contributed by atoms with Gasteiger partial charge in [0, 0.05) is 40.6 Å². The fourth-order valence-electron chi connectivity index (χ4n) is 4.04. The molecule has 1 amide bonds. The van der Waals surface area contributed by atoms with E-state index in [1.54, 1.807) is 25.1 Å². The van der Waals surface area contributed by atoms with Crippen LogP contribution in [0.25, 0.3) is 0 Å². The van der Waals surface area contributed by atoms with Crippen molar-refractivity contribution in [3.05, 3.63) is 88.3 Å². The zero-order valence-electron chi connectivity index (χ0n) is 15.9. The maximum absolute atomic E-state index is 13.5. The van der Waals surface area contributed by atoms with E-state index in [1.807, 2.05) is 0 Å². The first-order chi connectivity index (χ1) is 13.9. The predicted octanol–water partition coefficient (Wildman–Crippen LogP) is 4.57. The summed E-state index contributed by atoms with van der Waals surface area (Å²) in [7, 11) is 0. The molecule has 6 heteroatoms. The summed E-state index contributed by atoms with van der Waals surface area (Å²) in [4.78, 5) is 26.0. The summed E-state index contributed by atoms with van der Waals surface area (Å²) in [6, 6.07) is 11.5. The van der Waals surface area contributed by atoms with Crippen molar-refractivity contribution in [1.29, 1.82) is 0 Å². The maximum Gasteiger partial charge on any atom is 0.254 e. The molecule has 0 saturated carbocycles. The molecule has 1 aliphatic carbocycles. The van der Waals surface area contributed by atoms with Gasteiger partial charge in [-0.2, -0.15) is 0 Å². The van der Waals surface area contributed by atoms with Gasteiger partial charge in [-0.25, -0.2) is 8.78 Å². The molecule has 1 aliphatic heterocycles. The minimum Gasteiger partial charge on any atom is -0.362 e. The van der Waals surface area contributed by atoms with Crippen molar-refractivity contribution >= 4 is 17.4 Å². The van der Waals surface area contributed by atoms with Gasteiger partial charge in [0.05, 0.1) is 0 Å². The highest BCUT2D eigenvalue weighted by molar-refractivity contribution is 6.09. The summed E-state index contributed by atoms with van der Waals surface area (Å²) in [5.41, 5.74) is 3.35. The maximum atomic E-state index is 13.5. The number of anilines is 1. The molecule has 0 saturated heterocycles.